The monoisotopic (exact) mass is 398 g/mol. The van der Waals surface area contributed by atoms with Crippen molar-refractivity contribution in [2.75, 3.05) is 0 Å². The van der Waals surface area contributed by atoms with Crippen molar-refractivity contribution in [2.24, 2.45) is 11.8 Å². The minimum absolute atomic E-state index is 0.190. The highest BCUT2D eigenvalue weighted by molar-refractivity contribution is 7.13. The Kier molecular flexibility index (Phi) is 9.17. The third kappa shape index (κ3) is 7.05. The molecule has 0 radical (unpaired) electrons. The van der Waals surface area contributed by atoms with Gasteiger partial charge in [-0.05, 0) is 82.3 Å². The van der Waals surface area contributed by atoms with Crippen LogP contribution < -0.4 is 0 Å². The van der Waals surface area contributed by atoms with Gasteiger partial charge in [-0.1, -0.05) is 18.6 Å². The zero-order valence-electron chi connectivity index (χ0n) is 15.6. The number of halogens is 1. The molecule has 1 heterocycles. The summed E-state index contributed by atoms with van der Waals surface area (Å²) in [6.07, 6.45) is 14.0. The fourth-order valence-electron chi connectivity index (χ4n) is 3.79. The summed E-state index contributed by atoms with van der Waals surface area (Å²) < 4.78 is 0. The van der Waals surface area contributed by atoms with E-state index in [0.29, 0.717) is 16.7 Å². The van der Waals surface area contributed by atoms with E-state index in [2.05, 4.69) is 12.2 Å². The van der Waals surface area contributed by atoms with Crippen LogP contribution in [0.2, 0.25) is 0 Å². The zero-order valence-corrected chi connectivity index (χ0v) is 17.1. The summed E-state index contributed by atoms with van der Waals surface area (Å²) in [5.74, 6) is 0.271. The third-order valence-corrected chi connectivity index (χ3v) is 6.92. The number of hydrogen-bond donors (Lipinski definition) is 2. The molecule has 2 N–H and O–H groups in total. The molecular formula is C21H31ClO3S. The van der Waals surface area contributed by atoms with Crippen molar-refractivity contribution in [3.8, 4) is 0 Å². The molecule has 5 heteroatoms. The Balaban J connectivity index is 1.72. The lowest BCUT2D eigenvalue weighted by atomic mass is 9.90. The van der Waals surface area contributed by atoms with Gasteiger partial charge in [-0.25, -0.2) is 4.79 Å². The van der Waals surface area contributed by atoms with Crippen LogP contribution in [0.1, 0.15) is 72.8 Å². The number of hydrogen-bond acceptors (Lipinski definition) is 3. The first-order valence-corrected chi connectivity index (χ1v) is 11.0. The fourth-order valence-corrected chi connectivity index (χ4v) is 5.12. The summed E-state index contributed by atoms with van der Waals surface area (Å²) in [5.41, 5.74) is 0. The summed E-state index contributed by atoms with van der Waals surface area (Å²) in [5, 5.41) is 18.5. The van der Waals surface area contributed by atoms with E-state index in [-0.39, 0.29) is 11.5 Å². The molecule has 0 spiro atoms. The van der Waals surface area contributed by atoms with E-state index >= 15 is 0 Å². The molecule has 1 aromatic heterocycles. The first kappa shape index (κ1) is 21.5. The van der Waals surface area contributed by atoms with Gasteiger partial charge in [0.25, 0.3) is 0 Å². The number of thiophene rings is 1. The van der Waals surface area contributed by atoms with E-state index in [1.54, 1.807) is 6.07 Å². The van der Waals surface area contributed by atoms with Gasteiger partial charge in [0, 0.05) is 10.3 Å². The average molecular weight is 399 g/mol. The second-order valence-corrected chi connectivity index (χ2v) is 9.17. The molecule has 146 valence electrons. The van der Waals surface area contributed by atoms with E-state index < -0.39 is 5.97 Å². The van der Waals surface area contributed by atoms with E-state index in [1.807, 2.05) is 13.0 Å². The van der Waals surface area contributed by atoms with Gasteiger partial charge in [-0.15, -0.1) is 22.9 Å². The van der Waals surface area contributed by atoms with Crippen molar-refractivity contribution in [3.63, 3.8) is 0 Å². The minimum atomic E-state index is -0.837. The number of alkyl halides is 1. The van der Waals surface area contributed by atoms with Crippen LogP contribution in [0.15, 0.2) is 24.3 Å². The van der Waals surface area contributed by atoms with Crippen molar-refractivity contribution >= 4 is 28.9 Å². The first-order valence-electron chi connectivity index (χ1n) is 9.78. The lowest BCUT2D eigenvalue weighted by Gasteiger charge is -2.19. The van der Waals surface area contributed by atoms with Gasteiger partial charge in [0.15, 0.2) is 0 Å². The normalized spacial score (nSPS) is 24.3. The van der Waals surface area contributed by atoms with Crippen molar-refractivity contribution in [2.45, 2.75) is 76.2 Å². The molecule has 1 saturated carbocycles. The number of rotatable bonds is 11. The van der Waals surface area contributed by atoms with Gasteiger partial charge in [0.2, 0.25) is 0 Å². The quantitative estimate of drug-likeness (QED) is 0.277. The van der Waals surface area contributed by atoms with E-state index in [0.717, 1.165) is 56.2 Å². The molecule has 1 aliphatic carbocycles. The Bertz CT molecular complexity index is 582. The highest BCUT2D eigenvalue weighted by Crippen LogP contribution is 2.40. The molecule has 1 fully saturated rings. The molecule has 1 aliphatic rings. The van der Waals surface area contributed by atoms with Crippen LogP contribution in [-0.2, 0) is 6.42 Å². The van der Waals surface area contributed by atoms with E-state index in [4.69, 9.17) is 16.7 Å². The molecule has 2 rings (SSSR count). The zero-order chi connectivity index (χ0) is 18.9. The molecular weight excluding hydrogens is 368 g/mol. The number of unbranched alkanes of at least 4 members (excludes halogenated alkanes) is 2. The predicted molar refractivity (Wildman–Crippen MR) is 109 cm³/mol. The largest absolute Gasteiger partial charge is 0.477 e. The summed E-state index contributed by atoms with van der Waals surface area (Å²) in [6, 6.07) is 3.64. The number of aliphatic hydroxyl groups is 1. The molecule has 0 aromatic carbocycles. The number of aliphatic hydroxyl groups excluding tert-OH is 1. The third-order valence-electron chi connectivity index (χ3n) is 5.25. The van der Waals surface area contributed by atoms with Crippen molar-refractivity contribution < 1.29 is 15.0 Å². The molecule has 0 saturated heterocycles. The van der Waals surface area contributed by atoms with Gasteiger partial charge in [-0.2, -0.15) is 0 Å². The van der Waals surface area contributed by atoms with E-state index in [1.165, 1.54) is 17.8 Å². The second kappa shape index (κ2) is 11.1. The van der Waals surface area contributed by atoms with Gasteiger partial charge < -0.3 is 10.2 Å². The summed E-state index contributed by atoms with van der Waals surface area (Å²) >= 11 is 7.95. The number of carbonyl (C=O) groups is 1. The number of carboxylic acid groups (broad SMARTS) is 1. The van der Waals surface area contributed by atoms with Crippen molar-refractivity contribution in [1.29, 1.82) is 0 Å². The Morgan fingerprint density at radius 2 is 2.15 bits per heavy atom. The van der Waals surface area contributed by atoms with Crippen molar-refractivity contribution in [3.05, 3.63) is 34.0 Å². The van der Waals surface area contributed by atoms with Crippen LogP contribution in [-0.4, -0.2) is 27.7 Å². The maximum Gasteiger partial charge on any atom is 0.345 e. The Morgan fingerprint density at radius 3 is 2.85 bits per heavy atom. The minimum Gasteiger partial charge on any atom is -0.477 e. The van der Waals surface area contributed by atoms with Crippen molar-refractivity contribution in [1.82, 2.24) is 0 Å². The molecule has 0 unspecified atom stereocenters. The lowest BCUT2D eigenvalue weighted by Crippen LogP contribution is -2.14. The van der Waals surface area contributed by atoms with Crippen LogP contribution >= 0.6 is 22.9 Å². The maximum atomic E-state index is 11.0. The molecule has 0 aliphatic heterocycles. The predicted octanol–water partition coefficient (Wildman–Crippen LogP) is 5.90. The van der Waals surface area contributed by atoms with Gasteiger partial charge in [0.05, 0.1) is 6.10 Å². The van der Waals surface area contributed by atoms with Gasteiger partial charge >= 0.3 is 5.97 Å². The molecule has 0 bridgehead atoms. The fraction of sp³-hybridized carbons (Fsp3) is 0.667. The molecule has 26 heavy (non-hydrogen) atoms. The number of allylic oxidation sites excluding steroid dienone is 2. The van der Waals surface area contributed by atoms with Crippen LogP contribution in [0, 0.1) is 11.8 Å². The van der Waals surface area contributed by atoms with E-state index in [9.17, 15) is 9.90 Å². The smallest absolute Gasteiger partial charge is 0.345 e. The van der Waals surface area contributed by atoms with Crippen LogP contribution in [0.4, 0.5) is 0 Å². The highest BCUT2D eigenvalue weighted by atomic mass is 35.5. The topological polar surface area (TPSA) is 57.5 Å². The lowest BCUT2D eigenvalue weighted by molar-refractivity contribution is 0.0702. The Labute approximate surface area is 166 Å². The van der Waals surface area contributed by atoms with Crippen LogP contribution in [0.5, 0.6) is 0 Å². The standard InChI is InChI=1S/C21H31ClO3S/c1-15(23)7-4-2-3-5-8-16-11-13-19(22)18(16)10-6-9-17-12-14-20(26-17)21(24)25/h5,8,12,14-16,18-19,23H,2-4,6-7,9-11,13H2,1H3,(H,24,25)/b8-5+/t15-,16+,18-,19-/m1/s1. The summed E-state index contributed by atoms with van der Waals surface area (Å²) in [6.45, 7) is 1.85. The molecule has 4 atom stereocenters. The molecule has 0 amide bonds. The summed E-state index contributed by atoms with van der Waals surface area (Å²) in [4.78, 5) is 12.5. The van der Waals surface area contributed by atoms with Gasteiger partial charge in [0.1, 0.15) is 4.88 Å². The maximum absolute atomic E-state index is 11.0. The summed E-state index contributed by atoms with van der Waals surface area (Å²) in [7, 11) is 0. The SMILES string of the molecule is C[C@@H](O)CCCC/C=C/[C@H]1CC[C@@H](Cl)[C@@H]1CCCc1ccc(C(=O)O)s1. The van der Waals surface area contributed by atoms with Crippen LogP contribution in [0.3, 0.4) is 0 Å². The average Bonchev–Trinajstić information content (AvgIpc) is 3.19. The molecule has 3 nitrogen and oxygen atoms in total. The van der Waals surface area contributed by atoms with Gasteiger partial charge in [-0.3, -0.25) is 0 Å². The Morgan fingerprint density at radius 1 is 1.35 bits per heavy atom. The first-order chi connectivity index (χ1) is 12.5. The second-order valence-electron chi connectivity index (χ2n) is 7.45. The number of aryl methyl sites for hydroxylation is 1. The van der Waals surface area contributed by atoms with Crippen LogP contribution in [0.25, 0.3) is 0 Å². The highest BCUT2D eigenvalue weighted by Gasteiger charge is 2.32. The number of aromatic carboxylic acids is 1. The molecule has 1 aromatic rings. The number of carboxylic acids is 1. The Hall–Kier alpha value is -0.840.